The molecule has 0 amide bonds. The van der Waals surface area contributed by atoms with Crippen LogP contribution >= 0.6 is 12.2 Å². The Kier molecular flexibility index (Phi) is 15.3. The molecule has 4 aliphatic carbocycles. The summed E-state index contributed by atoms with van der Waals surface area (Å²) in [5.41, 5.74) is 0.0113. The third kappa shape index (κ3) is 11.1. The summed E-state index contributed by atoms with van der Waals surface area (Å²) in [6.45, 7) is 1.65. The van der Waals surface area contributed by atoms with Crippen molar-refractivity contribution in [1.82, 2.24) is 10.6 Å². The minimum atomic E-state index is -1.53. The fraction of sp³-hybridized carbons (Fsp3) is 0.914. The first-order chi connectivity index (χ1) is 21.7. The number of aliphatic hydroxyl groups excluding tert-OH is 5. The third-order valence-corrected chi connectivity index (χ3v) is 11.0. The molecule has 7 N–H and O–H groups in total. The minimum absolute atomic E-state index is 0.0113. The van der Waals surface area contributed by atoms with Crippen molar-refractivity contribution < 1.29 is 35.0 Å². The lowest BCUT2D eigenvalue weighted by atomic mass is 9.53. The fourth-order valence-corrected chi connectivity index (χ4v) is 9.00. The average molecular weight is 655 g/mol. The summed E-state index contributed by atoms with van der Waals surface area (Å²) in [4.78, 5) is 0. The highest BCUT2D eigenvalue weighted by Gasteiger charge is 2.51. The molecular weight excluding hydrogens is 592 g/mol. The van der Waals surface area contributed by atoms with Crippen LogP contribution in [0.15, 0.2) is 12.2 Å². The third-order valence-electron chi connectivity index (χ3n) is 10.7. The van der Waals surface area contributed by atoms with Gasteiger partial charge in [-0.05, 0) is 81.3 Å². The normalized spacial score (nSPS) is 35.5. The van der Waals surface area contributed by atoms with Crippen LogP contribution in [-0.4, -0.2) is 92.2 Å². The number of thiocarbonyl (C=S) groups is 1. The molecule has 0 aromatic rings. The zero-order valence-corrected chi connectivity index (χ0v) is 28.3. The average Bonchev–Trinajstić information content (AvgIpc) is 3.00. The van der Waals surface area contributed by atoms with Gasteiger partial charge in [0.15, 0.2) is 11.4 Å². The van der Waals surface area contributed by atoms with E-state index in [2.05, 4.69) is 17.6 Å². The van der Waals surface area contributed by atoms with Gasteiger partial charge in [0.05, 0.1) is 25.4 Å². The van der Waals surface area contributed by atoms with Gasteiger partial charge in [-0.2, -0.15) is 0 Å². The summed E-state index contributed by atoms with van der Waals surface area (Å²) < 4.78 is 11.4. The molecule has 4 unspecified atom stereocenters. The lowest BCUT2D eigenvalue weighted by Gasteiger charge is -2.57. The van der Waals surface area contributed by atoms with Crippen molar-refractivity contribution in [2.24, 2.45) is 17.8 Å². The molecule has 5 rings (SSSR count). The van der Waals surface area contributed by atoms with Gasteiger partial charge in [-0.15, -0.1) is 0 Å². The number of aliphatic hydroxyl groups is 5. The molecule has 0 aromatic heterocycles. The van der Waals surface area contributed by atoms with E-state index < -0.39 is 49.5 Å². The predicted molar refractivity (Wildman–Crippen MR) is 180 cm³/mol. The van der Waals surface area contributed by atoms with Crippen molar-refractivity contribution in [1.29, 1.82) is 0 Å². The van der Waals surface area contributed by atoms with Crippen LogP contribution < -0.4 is 10.6 Å². The van der Waals surface area contributed by atoms with Crippen molar-refractivity contribution in [2.45, 2.75) is 171 Å². The number of allylic oxidation sites excluding steroid dienone is 1. The van der Waals surface area contributed by atoms with Gasteiger partial charge >= 0.3 is 0 Å². The largest absolute Gasteiger partial charge is 0.394 e. The second kappa shape index (κ2) is 18.6. The van der Waals surface area contributed by atoms with Gasteiger partial charge < -0.3 is 45.6 Å². The minimum Gasteiger partial charge on any atom is -0.394 e. The Morgan fingerprint density at radius 1 is 0.867 bits per heavy atom. The molecule has 5 fully saturated rings. The Morgan fingerprint density at radius 2 is 1.42 bits per heavy atom. The van der Waals surface area contributed by atoms with Crippen LogP contribution in [-0.2, 0) is 9.47 Å². The number of ether oxygens (including phenoxy) is 2. The summed E-state index contributed by atoms with van der Waals surface area (Å²) in [6, 6.07) is -0.639. The van der Waals surface area contributed by atoms with Gasteiger partial charge in [0.25, 0.3) is 0 Å². The van der Waals surface area contributed by atoms with Crippen LogP contribution in [0.25, 0.3) is 0 Å². The summed E-state index contributed by atoms with van der Waals surface area (Å²) >= 11 is 5.79. The van der Waals surface area contributed by atoms with E-state index in [0.29, 0.717) is 5.11 Å². The van der Waals surface area contributed by atoms with E-state index in [0.717, 1.165) is 49.9 Å². The zero-order valence-electron chi connectivity index (χ0n) is 27.5. The van der Waals surface area contributed by atoms with Gasteiger partial charge in [0.1, 0.15) is 24.4 Å². The fourth-order valence-electron chi connectivity index (χ4n) is 8.63. The lowest BCUT2D eigenvalue weighted by molar-refractivity contribution is -0.302. The molecule has 0 spiro atoms. The van der Waals surface area contributed by atoms with E-state index in [1.54, 1.807) is 6.08 Å². The molecule has 1 heterocycles. The summed E-state index contributed by atoms with van der Waals surface area (Å²) in [7, 11) is 0. The Labute approximate surface area is 276 Å². The van der Waals surface area contributed by atoms with Crippen molar-refractivity contribution in [2.75, 3.05) is 13.2 Å². The molecule has 0 radical (unpaired) electrons. The van der Waals surface area contributed by atoms with E-state index in [4.69, 9.17) is 21.7 Å². The molecule has 4 saturated carbocycles. The molecule has 7 atom stereocenters. The second-order valence-electron chi connectivity index (χ2n) is 14.7. The van der Waals surface area contributed by atoms with Crippen molar-refractivity contribution in [3.63, 3.8) is 0 Å². The van der Waals surface area contributed by atoms with Crippen LogP contribution in [0.1, 0.15) is 122 Å². The maximum atomic E-state index is 11.2. The predicted octanol–water partition coefficient (Wildman–Crippen LogP) is 4.22. The SMILES string of the molecule is CCCCCCCCCCCCCC=CC(O)C(CO[C@@H]1OC(CO)[C@@H](O)C(O)[C@@H]1O)NC(=S)NC12CC3CC(CC(C3)C1)C2. The number of unbranched alkanes of at least 4 members (excludes halogenated alkanes) is 11. The van der Waals surface area contributed by atoms with Crippen molar-refractivity contribution >= 4 is 17.3 Å². The first-order valence-corrected chi connectivity index (χ1v) is 18.5. The van der Waals surface area contributed by atoms with Gasteiger partial charge in [-0.3, -0.25) is 0 Å². The molecule has 45 heavy (non-hydrogen) atoms. The molecule has 1 saturated heterocycles. The van der Waals surface area contributed by atoms with Crippen LogP contribution in [0.2, 0.25) is 0 Å². The zero-order chi connectivity index (χ0) is 32.2. The number of hydrogen-bond donors (Lipinski definition) is 7. The highest BCUT2D eigenvalue weighted by molar-refractivity contribution is 7.80. The lowest BCUT2D eigenvalue weighted by Crippen LogP contribution is -2.63. The van der Waals surface area contributed by atoms with E-state index in [1.165, 1.54) is 83.5 Å². The smallest absolute Gasteiger partial charge is 0.186 e. The maximum Gasteiger partial charge on any atom is 0.186 e. The Hall–Kier alpha value is -0.850. The molecule has 10 heteroatoms. The molecule has 9 nitrogen and oxygen atoms in total. The second-order valence-corrected chi connectivity index (χ2v) is 15.1. The van der Waals surface area contributed by atoms with Crippen molar-refractivity contribution in [3.8, 4) is 0 Å². The molecular formula is C35H62N2O7S. The molecule has 260 valence electrons. The van der Waals surface area contributed by atoms with Crippen LogP contribution in [0.5, 0.6) is 0 Å². The number of hydrogen-bond acceptors (Lipinski definition) is 8. The van der Waals surface area contributed by atoms with Crippen LogP contribution in [0.4, 0.5) is 0 Å². The number of nitrogens with one attached hydrogen (secondary N) is 2. The monoisotopic (exact) mass is 654 g/mol. The van der Waals surface area contributed by atoms with Gasteiger partial charge in [-0.1, -0.05) is 83.3 Å². The summed E-state index contributed by atoms with van der Waals surface area (Å²) in [5.74, 6) is 2.29. The van der Waals surface area contributed by atoms with E-state index in [-0.39, 0.29) is 12.1 Å². The van der Waals surface area contributed by atoms with Crippen molar-refractivity contribution in [3.05, 3.63) is 12.2 Å². The first kappa shape index (κ1) is 37.0. The Balaban J connectivity index is 1.24. The first-order valence-electron chi connectivity index (χ1n) is 18.1. The molecule has 5 aliphatic rings. The maximum absolute atomic E-state index is 11.2. The summed E-state index contributed by atoms with van der Waals surface area (Å²) in [5, 5.41) is 58.9. The Morgan fingerprint density at radius 3 is 1.98 bits per heavy atom. The van der Waals surface area contributed by atoms with E-state index >= 15 is 0 Å². The van der Waals surface area contributed by atoms with E-state index in [9.17, 15) is 25.5 Å². The quantitative estimate of drug-likeness (QED) is 0.0579. The molecule has 1 aliphatic heterocycles. The topological polar surface area (TPSA) is 144 Å². The van der Waals surface area contributed by atoms with Gasteiger partial charge in [0, 0.05) is 5.54 Å². The van der Waals surface area contributed by atoms with E-state index in [1.807, 2.05) is 6.08 Å². The molecule has 4 bridgehead atoms. The summed E-state index contributed by atoms with van der Waals surface area (Å²) in [6.07, 6.45) is 18.5. The highest BCUT2D eigenvalue weighted by Crippen LogP contribution is 2.55. The highest BCUT2D eigenvalue weighted by atomic mass is 32.1. The van der Waals surface area contributed by atoms with Gasteiger partial charge in [0.2, 0.25) is 0 Å². The number of rotatable bonds is 20. The molecule has 0 aromatic carbocycles. The van der Waals surface area contributed by atoms with Gasteiger partial charge in [-0.25, -0.2) is 0 Å². The Bertz CT molecular complexity index is 870. The standard InChI is InChI=1S/C35H62N2O7S/c1-2-3-4-5-6-7-8-9-10-11-12-13-14-15-28(39)27(23-43-33-32(42)31(41)30(40)29(22-38)44-33)36-34(45)37-35-19-24-16-25(20-35)18-26(17-24)21-35/h14-15,24-33,38-42H,2-13,16-23H2,1H3,(H2,36,37,45)/t24?,25?,26?,27?,28?,29?,30-,31?,32+,33-,35?/m1/s1. The van der Waals surface area contributed by atoms with Crippen LogP contribution in [0.3, 0.4) is 0 Å². The van der Waals surface area contributed by atoms with Crippen LogP contribution in [0, 0.1) is 17.8 Å².